The van der Waals surface area contributed by atoms with Crippen LogP contribution < -0.4 is 0 Å². The molecule has 0 N–H and O–H groups in total. The zero-order valence-electron chi connectivity index (χ0n) is 11.4. The molecular formula is C18H13ClF2. The van der Waals surface area contributed by atoms with Crippen molar-refractivity contribution in [3.8, 4) is 0 Å². The summed E-state index contributed by atoms with van der Waals surface area (Å²) >= 11 is 6.46. The van der Waals surface area contributed by atoms with Gasteiger partial charge in [-0.25, -0.2) is 8.78 Å². The summed E-state index contributed by atoms with van der Waals surface area (Å²) in [5.74, 6) is -1.23. The van der Waals surface area contributed by atoms with Crippen molar-refractivity contribution in [1.29, 1.82) is 0 Å². The molecule has 0 heterocycles. The summed E-state index contributed by atoms with van der Waals surface area (Å²) in [6.07, 6.45) is 0. The predicted octanol–water partition coefficient (Wildman–Crippen LogP) is 5.75. The molecule has 0 aromatic heterocycles. The quantitative estimate of drug-likeness (QED) is 0.528. The normalized spacial score (nSPS) is 12.6. The lowest BCUT2D eigenvalue weighted by molar-refractivity contribution is 0.574. The number of hydrogen-bond acceptors (Lipinski definition) is 0. The van der Waals surface area contributed by atoms with Gasteiger partial charge in [0.05, 0.1) is 5.38 Å². The first-order chi connectivity index (χ1) is 10.1. The van der Waals surface area contributed by atoms with Gasteiger partial charge in [0.15, 0.2) is 0 Å². The third-order valence-corrected chi connectivity index (χ3v) is 4.15. The second-order valence-corrected chi connectivity index (χ2v) is 5.48. The van der Waals surface area contributed by atoms with Crippen LogP contribution in [0.25, 0.3) is 10.8 Å². The largest absolute Gasteiger partial charge is 0.207 e. The van der Waals surface area contributed by atoms with Crippen molar-refractivity contribution in [3.63, 3.8) is 0 Å². The smallest absolute Gasteiger partial charge is 0.131 e. The van der Waals surface area contributed by atoms with Gasteiger partial charge in [0, 0.05) is 11.6 Å². The van der Waals surface area contributed by atoms with Crippen molar-refractivity contribution >= 4 is 22.4 Å². The Hall–Kier alpha value is -1.93. The second-order valence-electron chi connectivity index (χ2n) is 5.05. The van der Waals surface area contributed by atoms with Crippen molar-refractivity contribution < 1.29 is 8.78 Å². The Morgan fingerprint density at radius 1 is 0.857 bits per heavy atom. The van der Waals surface area contributed by atoms with E-state index in [2.05, 4.69) is 0 Å². The molecule has 0 saturated carbocycles. The average molecular weight is 303 g/mol. The molecule has 0 bridgehead atoms. The van der Waals surface area contributed by atoms with Gasteiger partial charge >= 0.3 is 0 Å². The highest BCUT2D eigenvalue weighted by atomic mass is 35.5. The van der Waals surface area contributed by atoms with E-state index >= 15 is 0 Å². The van der Waals surface area contributed by atoms with Gasteiger partial charge in [-0.15, -0.1) is 11.6 Å². The Balaban J connectivity index is 2.18. The molecule has 21 heavy (non-hydrogen) atoms. The van der Waals surface area contributed by atoms with Crippen molar-refractivity contribution in [3.05, 3.63) is 82.9 Å². The van der Waals surface area contributed by atoms with Gasteiger partial charge in [-0.2, -0.15) is 0 Å². The van der Waals surface area contributed by atoms with E-state index in [1.807, 2.05) is 43.3 Å². The highest BCUT2D eigenvalue weighted by Gasteiger charge is 2.18. The maximum Gasteiger partial charge on any atom is 0.131 e. The Labute approximate surface area is 127 Å². The number of alkyl halides is 1. The molecule has 0 aliphatic rings. The van der Waals surface area contributed by atoms with E-state index in [1.165, 1.54) is 12.1 Å². The average Bonchev–Trinajstić information content (AvgIpc) is 2.47. The fourth-order valence-electron chi connectivity index (χ4n) is 2.57. The van der Waals surface area contributed by atoms with Crippen LogP contribution in [0.4, 0.5) is 8.78 Å². The summed E-state index contributed by atoms with van der Waals surface area (Å²) in [6.45, 7) is 2.02. The third-order valence-electron chi connectivity index (χ3n) is 3.68. The van der Waals surface area contributed by atoms with Gasteiger partial charge in [0.2, 0.25) is 0 Å². The maximum atomic E-state index is 13.9. The molecule has 106 valence electrons. The SMILES string of the molecule is Cc1ccc(C(Cl)c2ccc(F)cc2F)c2ccccc12. The summed E-state index contributed by atoms with van der Waals surface area (Å²) in [7, 11) is 0. The zero-order chi connectivity index (χ0) is 15.0. The Kier molecular flexibility index (Phi) is 3.64. The predicted molar refractivity (Wildman–Crippen MR) is 82.7 cm³/mol. The molecule has 3 rings (SSSR count). The summed E-state index contributed by atoms with van der Waals surface area (Å²) in [5.41, 5.74) is 2.24. The second kappa shape index (κ2) is 5.45. The lowest BCUT2D eigenvalue weighted by Crippen LogP contribution is -1.99. The number of hydrogen-bond donors (Lipinski definition) is 0. The Morgan fingerprint density at radius 2 is 1.52 bits per heavy atom. The van der Waals surface area contributed by atoms with Crippen LogP contribution in [-0.4, -0.2) is 0 Å². The van der Waals surface area contributed by atoms with Gasteiger partial charge in [-0.3, -0.25) is 0 Å². The molecule has 3 aromatic rings. The van der Waals surface area contributed by atoms with Crippen LogP contribution in [0.15, 0.2) is 54.6 Å². The van der Waals surface area contributed by atoms with Crippen molar-refractivity contribution in [2.45, 2.75) is 12.3 Å². The molecule has 0 spiro atoms. The van der Waals surface area contributed by atoms with E-state index in [0.29, 0.717) is 0 Å². The summed E-state index contributed by atoms with van der Waals surface area (Å²) in [4.78, 5) is 0. The van der Waals surface area contributed by atoms with Crippen LogP contribution in [0.2, 0.25) is 0 Å². The van der Waals surface area contributed by atoms with Crippen LogP contribution in [0.1, 0.15) is 22.1 Å². The molecule has 0 nitrogen and oxygen atoms in total. The van der Waals surface area contributed by atoms with Crippen LogP contribution in [0.5, 0.6) is 0 Å². The van der Waals surface area contributed by atoms with Crippen LogP contribution in [0.3, 0.4) is 0 Å². The van der Waals surface area contributed by atoms with Crippen LogP contribution >= 0.6 is 11.6 Å². The fraction of sp³-hybridized carbons (Fsp3) is 0.111. The first kappa shape index (κ1) is 14.0. The standard InChI is InChI=1S/C18H13ClF2/c1-11-6-8-15(14-5-3-2-4-13(11)14)18(19)16-9-7-12(20)10-17(16)21/h2-10,18H,1H3. The minimum Gasteiger partial charge on any atom is -0.207 e. The summed E-state index contributed by atoms with van der Waals surface area (Å²) < 4.78 is 27.0. The number of rotatable bonds is 2. The fourth-order valence-corrected chi connectivity index (χ4v) is 2.94. The molecule has 0 amide bonds. The van der Waals surface area contributed by atoms with Gasteiger partial charge in [-0.1, -0.05) is 42.5 Å². The third kappa shape index (κ3) is 2.52. The van der Waals surface area contributed by atoms with Crippen molar-refractivity contribution in [2.24, 2.45) is 0 Å². The topological polar surface area (TPSA) is 0 Å². The maximum absolute atomic E-state index is 13.9. The van der Waals surface area contributed by atoms with Gasteiger partial charge in [0.1, 0.15) is 11.6 Å². The van der Waals surface area contributed by atoms with E-state index in [0.717, 1.165) is 28.0 Å². The molecular weight excluding hydrogens is 290 g/mol. The van der Waals surface area contributed by atoms with Crippen LogP contribution in [0, 0.1) is 18.6 Å². The highest BCUT2D eigenvalue weighted by molar-refractivity contribution is 6.23. The van der Waals surface area contributed by atoms with Gasteiger partial charge < -0.3 is 0 Å². The summed E-state index contributed by atoms with van der Waals surface area (Å²) in [6, 6.07) is 15.2. The van der Waals surface area contributed by atoms with E-state index in [-0.39, 0.29) is 5.56 Å². The zero-order valence-corrected chi connectivity index (χ0v) is 12.2. The Bertz CT molecular complexity index is 811. The first-order valence-electron chi connectivity index (χ1n) is 6.65. The van der Waals surface area contributed by atoms with Gasteiger partial charge in [0.25, 0.3) is 0 Å². The van der Waals surface area contributed by atoms with E-state index in [1.54, 1.807) is 0 Å². The lowest BCUT2D eigenvalue weighted by atomic mass is 9.95. The molecule has 3 heteroatoms. The van der Waals surface area contributed by atoms with Crippen LogP contribution in [-0.2, 0) is 0 Å². The molecule has 0 aliphatic heterocycles. The summed E-state index contributed by atoms with van der Waals surface area (Å²) in [5, 5.41) is 1.42. The molecule has 1 atom stereocenters. The first-order valence-corrected chi connectivity index (χ1v) is 7.09. The van der Waals surface area contributed by atoms with E-state index in [4.69, 9.17) is 11.6 Å². The van der Waals surface area contributed by atoms with E-state index < -0.39 is 17.0 Å². The van der Waals surface area contributed by atoms with Crippen molar-refractivity contribution in [1.82, 2.24) is 0 Å². The minimum absolute atomic E-state index is 0.284. The highest BCUT2D eigenvalue weighted by Crippen LogP contribution is 2.36. The van der Waals surface area contributed by atoms with Gasteiger partial charge in [-0.05, 0) is 34.9 Å². The molecule has 0 saturated heterocycles. The number of aryl methyl sites for hydroxylation is 1. The molecule has 0 fully saturated rings. The molecule has 0 aliphatic carbocycles. The lowest BCUT2D eigenvalue weighted by Gasteiger charge is -2.15. The number of halogens is 3. The van der Waals surface area contributed by atoms with E-state index in [9.17, 15) is 8.78 Å². The molecule has 0 radical (unpaired) electrons. The number of benzene rings is 3. The molecule has 1 unspecified atom stereocenters. The Morgan fingerprint density at radius 3 is 2.24 bits per heavy atom. The number of fused-ring (bicyclic) bond motifs is 1. The minimum atomic E-state index is -0.656. The monoisotopic (exact) mass is 302 g/mol. The molecule has 3 aromatic carbocycles. The van der Waals surface area contributed by atoms with Crippen molar-refractivity contribution in [2.75, 3.05) is 0 Å².